The van der Waals surface area contributed by atoms with E-state index in [1.54, 1.807) is 24.3 Å². The van der Waals surface area contributed by atoms with Crippen molar-refractivity contribution in [3.8, 4) is 0 Å². The van der Waals surface area contributed by atoms with Crippen molar-refractivity contribution in [1.82, 2.24) is 0 Å². The van der Waals surface area contributed by atoms with E-state index in [4.69, 9.17) is 17.3 Å². The monoisotopic (exact) mass is 248 g/mol. The van der Waals surface area contributed by atoms with Crippen LogP contribution in [-0.2, 0) is 10.0 Å². The van der Waals surface area contributed by atoms with Crippen LogP contribution >= 0.6 is 11.6 Å². The summed E-state index contributed by atoms with van der Waals surface area (Å²) in [6, 6.07) is 6.59. The van der Waals surface area contributed by atoms with Gasteiger partial charge in [-0.05, 0) is 24.3 Å². The molecule has 15 heavy (non-hydrogen) atoms. The van der Waals surface area contributed by atoms with Crippen LogP contribution in [0.5, 0.6) is 0 Å². The van der Waals surface area contributed by atoms with Crippen LogP contribution in [0.1, 0.15) is 0 Å². The van der Waals surface area contributed by atoms with Crippen molar-refractivity contribution in [2.75, 3.05) is 23.7 Å². The number of anilines is 1. The lowest BCUT2D eigenvalue weighted by atomic mass is 10.3. The SMILES string of the molecule is CS(=O)(=O)N(CCN)c1ccc(Cl)cc1. The highest BCUT2D eigenvalue weighted by Gasteiger charge is 2.15. The van der Waals surface area contributed by atoms with E-state index in [1.807, 2.05) is 0 Å². The average molecular weight is 249 g/mol. The first-order chi connectivity index (χ1) is 6.95. The number of nitrogens with zero attached hydrogens (tertiary/aromatic N) is 1. The zero-order valence-electron chi connectivity index (χ0n) is 8.35. The molecule has 0 saturated heterocycles. The van der Waals surface area contributed by atoms with Crippen molar-refractivity contribution in [1.29, 1.82) is 0 Å². The maximum Gasteiger partial charge on any atom is 0.232 e. The molecule has 0 aliphatic heterocycles. The first-order valence-electron chi connectivity index (χ1n) is 4.38. The summed E-state index contributed by atoms with van der Waals surface area (Å²) in [5, 5.41) is 0.569. The van der Waals surface area contributed by atoms with E-state index in [1.165, 1.54) is 4.31 Å². The second kappa shape index (κ2) is 4.83. The molecule has 1 rings (SSSR count). The summed E-state index contributed by atoms with van der Waals surface area (Å²) in [7, 11) is -3.28. The van der Waals surface area contributed by atoms with Crippen LogP contribution in [0.2, 0.25) is 5.02 Å². The maximum atomic E-state index is 11.4. The van der Waals surface area contributed by atoms with Crippen LogP contribution < -0.4 is 10.0 Å². The minimum atomic E-state index is -3.28. The molecule has 0 aliphatic carbocycles. The Bertz CT molecular complexity index is 416. The molecule has 0 bridgehead atoms. The minimum absolute atomic E-state index is 0.264. The van der Waals surface area contributed by atoms with Crippen LogP contribution in [-0.4, -0.2) is 27.8 Å². The van der Waals surface area contributed by atoms with Crippen molar-refractivity contribution < 1.29 is 8.42 Å². The molecule has 0 spiro atoms. The quantitative estimate of drug-likeness (QED) is 0.867. The molecule has 84 valence electrons. The lowest BCUT2D eigenvalue weighted by molar-refractivity contribution is 0.597. The fraction of sp³-hybridized carbons (Fsp3) is 0.333. The van der Waals surface area contributed by atoms with E-state index in [0.717, 1.165) is 6.26 Å². The summed E-state index contributed by atoms with van der Waals surface area (Å²) in [6.45, 7) is 0.538. The average Bonchev–Trinajstić information content (AvgIpc) is 2.14. The number of hydrogen-bond acceptors (Lipinski definition) is 3. The fourth-order valence-electron chi connectivity index (χ4n) is 1.21. The molecule has 2 N–H and O–H groups in total. The van der Waals surface area contributed by atoms with Gasteiger partial charge in [0.25, 0.3) is 0 Å². The maximum absolute atomic E-state index is 11.4. The molecule has 0 amide bonds. The second-order valence-electron chi connectivity index (χ2n) is 3.10. The molecular formula is C9H13ClN2O2S. The molecule has 0 unspecified atom stereocenters. The van der Waals surface area contributed by atoms with Crippen LogP contribution in [0.25, 0.3) is 0 Å². The Hall–Kier alpha value is -0.780. The summed E-state index contributed by atoms with van der Waals surface area (Å²) < 4.78 is 24.1. The molecule has 6 heteroatoms. The summed E-state index contributed by atoms with van der Waals surface area (Å²) in [4.78, 5) is 0. The van der Waals surface area contributed by atoms with Gasteiger partial charge in [-0.25, -0.2) is 8.42 Å². The Labute approximate surface area is 94.7 Å². The third-order valence-corrected chi connectivity index (χ3v) is 3.29. The fourth-order valence-corrected chi connectivity index (χ4v) is 2.28. The molecule has 0 radical (unpaired) electrons. The van der Waals surface area contributed by atoms with E-state index in [0.29, 0.717) is 10.7 Å². The second-order valence-corrected chi connectivity index (χ2v) is 5.44. The highest BCUT2D eigenvalue weighted by Crippen LogP contribution is 2.19. The summed E-state index contributed by atoms with van der Waals surface area (Å²) in [5.41, 5.74) is 5.94. The standard InChI is InChI=1S/C9H13ClN2O2S/c1-15(13,14)12(7-6-11)9-4-2-8(10)3-5-9/h2-5H,6-7,11H2,1H3. The van der Waals surface area contributed by atoms with E-state index >= 15 is 0 Å². The Morgan fingerprint density at radius 2 is 1.87 bits per heavy atom. The molecule has 0 heterocycles. The Morgan fingerprint density at radius 1 is 1.33 bits per heavy atom. The van der Waals surface area contributed by atoms with E-state index in [9.17, 15) is 8.42 Å². The largest absolute Gasteiger partial charge is 0.329 e. The van der Waals surface area contributed by atoms with Crippen LogP contribution in [0.3, 0.4) is 0 Å². The molecule has 1 aromatic rings. The van der Waals surface area contributed by atoms with Gasteiger partial charge in [0.05, 0.1) is 11.9 Å². The highest BCUT2D eigenvalue weighted by atomic mass is 35.5. The van der Waals surface area contributed by atoms with Gasteiger partial charge in [-0.15, -0.1) is 0 Å². The molecule has 1 aromatic carbocycles. The van der Waals surface area contributed by atoms with Crippen LogP contribution in [0.15, 0.2) is 24.3 Å². The zero-order valence-corrected chi connectivity index (χ0v) is 9.92. The Morgan fingerprint density at radius 3 is 2.27 bits per heavy atom. The summed E-state index contributed by atoms with van der Waals surface area (Å²) in [5.74, 6) is 0. The predicted molar refractivity (Wildman–Crippen MR) is 62.7 cm³/mol. The molecule has 0 atom stereocenters. The number of rotatable bonds is 4. The van der Waals surface area contributed by atoms with Gasteiger partial charge >= 0.3 is 0 Å². The number of hydrogen-bond donors (Lipinski definition) is 1. The smallest absolute Gasteiger partial charge is 0.232 e. The highest BCUT2D eigenvalue weighted by molar-refractivity contribution is 7.92. The van der Waals surface area contributed by atoms with E-state index in [-0.39, 0.29) is 13.1 Å². The van der Waals surface area contributed by atoms with Crippen molar-refractivity contribution in [2.45, 2.75) is 0 Å². The van der Waals surface area contributed by atoms with Crippen molar-refractivity contribution in [3.63, 3.8) is 0 Å². The lowest BCUT2D eigenvalue weighted by Gasteiger charge is -2.21. The van der Waals surface area contributed by atoms with Crippen molar-refractivity contribution in [2.24, 2.45) is 5.73 Å². The number of halogens is 1. The molecule has 0 fully saturated rings. The number of nitrogens with two attached hydrogens (primary N) is 1. The van der Waals surface area contributed by atoms with Crippen molar-refractivity contribution >= 4 is 27.3 Å². The van der Waals surface area contributed by atoms with Crippen LogP contribution in [0, 0.1) is 0 Å². The summed E-state index contributed by atoms with van der Waals surface area (Å²) >= 11 is 5.72. The first kappa shape index (κ1) is 12.3. The van der Waals surface area contributed by atoms with Gasteiger partial charge in [-0.1, -0.05) is 11.6 Å². The molecule has 4 nitrogen and oxygen atoms in total. The number of sulfonamides is 1. The van der Waals surface area contributed by atoms with Gasteiger partial charge in [0, 0.05) is 18.1 Å². The van der Waals surface area contributed by atoms with Gasteiger partial charge in [0.15, 0.2) is 0 Å². The normalized spacial score (nSPS) is 11.4. The molecule has 0 aliphatic rings. The first-order valence-corrected chi connectivity index (χ1v) is 6.61. The Kier molecular flexibility index (Phi) is 3.96. The van der Waals surface area contributed by atoms with Gasteiger partial charge in [-0.2, -0.15) is 0 Å². The van der Waals surface area contributed by atoms with E-state index in [2.05, 4.69) is 0 Å². The zero-order chi connectivity index (χ0) is 11.5. The minimum Gasteiger partial charge on any atom is -0.329 e. The molecule has 0 saturated carbocycles. The molecular weight excluding hydrogens is 236 g/mol. The van der Waals surface area contributed by atoms with Crippen LogP contribution in [0.4, 0.5) is 5.69 Å². The van der Waals surface area contributed by atoms with Gasteiger partial charge < -0.3 is 5.73 Å². The third-order valence-electron chi connectivity index (χ3n) is 1.85. The third kappa shape index (κ3) is 3.37. The molecule has 0 aromatic heterocycles. The van der Waals surface area contributed by atoms with Gasteiger partial charge in [0.2, 0.25) is 10.0 Å². The lowest BCUT2D eigenvalue weighted by Crippen LogP contribution is -2.34. The topological polar surface area (TPSA) is 63.4 Å². The Balaban J connectivity index is 3.05. The predicted octanol–water partition coefficient (Wildman–Crippen LogP) is 1.06. The number of benzene rings is 1. The van der Waals surface area contributed by atoms with Gasteiger partial charge in [-0.3, -0.25) is 4.31 Å². The van der Waals surface area contributed by atoms with Gasteiger partial charge in [0.1, 0.15) is 0 Å². The van der Waals surface area contributed by atoms with E-state index < -0.39 is 10.0 Å². The van der Waals surface area contributed by atoms with Crippen molar-refractivity contribution in [3.05, 3.63) is 29.3 Å². The summed E-state index contributed by atoms with van der Waals surface area (Å²) in [6.07, 6.45) is 1.15.